The Bertz CT molecular complexity index is 1110. The highest BCUT2D eigenvalue weighted by atomic mass is 127. The molecular formula is C22H29ClIN5O6S. The average Bonchev–Trinajstić information content (AvgIpc) is 3.42. The van der Waals surface area contributed by atoms with Crippen LogP contribution in [0.15, 0.2) is 0 Å². The van der Waals surface area contributed by atoms with Gasteiger partial charge in [0.1, 0.15) is 10.6 Å². The molecule has 3 N–H and O–H groups in total. The van der Waals surface area contributed by atoms with Crippen LogP contribution < -0.4 is 15.5 Å². The van der Waals surface area contributed by atoms with Crippen molar-refractivity contribution in [2.45, 2.75) is 32.4 Å². The first-order valence-corrected chi connectivity index (χ1v) is 13.6. The highest BCUT2D eigenvalue weighted by molar-refractivity contribution is 14.1. The lowest BCUT2D eigenvalue weighted by Gasteiger charge is -2.37. The van der Waals surface area contributed by atoms with E-state index in [2.05, 4.69) is 43.2 Å². The van der Waals surface area contributed by atoms with Crippen molar-refractivity contribution in [1.82, 2.24) is 20.6 Å². The Balaban J connectivity index is 1.75. The predicted octanol–water partition coefficient (Wildman–Crippen LogP) is 2.61. The zero-order valence-corrected chi connectivity index (χ0v) is 24.1. The van der Waals surface area contributed by atoms with E-state index in [1.54, 1.807) is 14.0 Å². The summed E-state index contributed by atoms with van der Waals surface area (Å²) >= 11 is 9.50. The van der Waals surface area contributed by atoms with Crippen molar-refractivity contribution in [1.29, 1.82) is 0 Å². The van der Waals surface area contributed by atoms with Gasteiger partial charge in [-0.25, -0.2) is 9.78 Å². The van der Waals surface area contributed by atoms with Gasteiger partial charge in [-0.1, -0.05) is 22.9 Å². The molecule has 0 spiro atoms. The number of methoxy groups -OCH3 is 2. The van der Waals surface area contributed by atoms with Crippen LogP contribution in [0.5, 0.6) is 0 Å². The summed E-state index contributed by atoms with van der Waals surface area (Å²) in [6.45, 7) is 5.27. The number of thiazole rings is 1. The van der Waals surface area contributed by atoms with Crippen molar-refractivity contribution >= 4 is 68.4 Å². The van der Waals surface area contributed by atoms with Crippen molar-refractivity contribution in [3.05, 3.63) is 30.6 Å². The highest BCUT2D eigenvalue weighted by Crippen LogP contribution is 2.31. The van der Waals surface area contributed by atoms with Crippen molar-refractivity contribution in [3.63, 3.8) is 0 Å². The minimum Gasteiger partial charge on any atom is -0.462 e. The lowest BCUT2D eigenvalue weighted by molar-refractivity contribution is 0.0527. The molecule has 14 heteroatoms. The lowest BCUT2D eigenvalue weighted by Crippen LogP contribution is -2.55. The Morgan fingerprint density at radius 3 is 2.67 bits per heavy atom. The standard InChI is InChI=1S/C22H29ClIN5O6S/c1-5-35-21(32)18-17(19(30)25-7-9-33-3)28-22(36-18)29-8-6-12(13(10-29)34-4)27-20(31)16-14(23)15(24)11(2)26-16/h12-13,26H,5-10H2,1-4H3,(H,25,30)(H,27,31). The van der Waals surface area contributed by atoms with Crippen LogP contribution in [0, 0.1) is 10.5 Å². The van der Waals surface area contributed by atoms with E-state index in [4.69, 9.17) is 25.8 Å². The zero-order valence-electron chi connectivity index (χ0n) is 20.4. The first-order chi connectivity index (χ1) is 17.2. The third kappa shape index (κ3) is 6.49. The number of carbonyl (C=O) groups excluding carboxylic acids is 3. The molecule has 2 aromatic rings. The topological polar surface area (TPSA) is 135 Å². The lowest BCUT2D eigenvalue weighted by atomic mass is 10.0. The summed E-state index contributed by atoms with van der Waals surface area (Å²) in [6.07, 6.45) is 0.202. The van der Waals surface area contributed by atoms with Crippen LogP contribution in [0.3, 0.4) is 0 Å². The van der Waals surface area contributed by atoms with Gasteiger partial charge in [-0.2, -0.15) is 0 Å². The number of hydrogen-bond donors (Lipinski definition) is 3. The molecule has 3 heterocycles. The van der Waals surface area contributed by atoms with E-state index in [0.29, 0.717) is 42.0 Å². The number of hydrogen-bond acceptors (Lipinski definition) is 9. The number of rotatable bonds is 10. The molecule has 11 nitrogen and oxygen atoms in total. The second kappa shape index (κ2) is 13.0. The number of H-pyrrole nitrogens is 1. The Morgan fingerprint density at radius 2 is 2.06 bits per heavy atom. The van der Waals surface area contributed by atoms with Gasteiger partial charge in [-0.3, -0.25) is 9.59 Å². The van der Waals surface area contributed by atoms with Gasteiger partial charge < -0.3 is 34.7 Å². The fourth-order valence-corrected chi connectivity index (χ4v) is 5.42. The number of halogens is 2. The molecule has 0 bridgehead atoms. The summed E-state index contributed by atoms with van der Waals surface area (Å²) in [5, 5.41) is 6.60. The predicted molar refractivity (Wildman–Crippen MR) is 144 cm³/mol. The van der Waals surface area contributed by atoms with E-state index in [0.717, 1.165) is 20.6 Å². The van der Waals surface area contributed by atoms with Gasteiger partial charge >= 0.3 is 5.97 Å². The molecular weight excluding hydrogens is 625 g/mol. The molecule has 2 amide bonds. The molecule has 0 aromatic carbocycles. The van der Waals surface area contributed by atoms with Gasteiger partial charge in [-0.15, -0.1) is 0 Å². The quantitative estimate of drug-likeness (QED) is 0.203. The zero-order chi connectivity index (χ0) is 26.4. The van der Waals surface area contributed by atoms with E-state index in [-0.39, 0.29) is 41.8 Å². The number of esters is 1. The SMILES string of the molecule is CCOC(=O)c1sc(N2CCC(NC(=O)c3[nH]c(C)c(I)c3Cl)C(OC)C2)nc1C(=O)NCCOC. The van der Waals surface area contributed by atoms with E-state index in [1.807, 2.05) is 11.8 Å². The molecule has 1 aliphatic heterocycles. The van der Waals surface area contributed by atoms with Crippen LogP contribution in [-0.4, -0.2) is 87.0 Å². The van der Waals surface area contributed by atoms with Crippen LogP contribution in [-0.2, 0) is 14.2 Å². The average molecular weight is 654 g/mol. The second-order valence-electron chi connectivity index (χ2n) is 7.99. The van der Waals surface area contributed by atoms with Crippen LogP contribution in [0.4, 0.5) is 5.13 Å². The maximum absolute atomic E-state index is 12.9. The van der Waals surface area contributed by atoms with Crippen molar-refractivity contribution < 1.29 is 28.6 Å². The number of aromatic nitrogens is 2. The third-order valence-corrected chi connectivity index (χ3v) is 8.75. The third-order valence-electron chi connectivity index (χ3n) is 5.61. The number of amides is 2. The van der Waals surface area contributed by atoms with Crippen molar-refractivity contribution in [3.8, 4) is 0 Å². The molecule has 3 rings (SSSR count). The Labute approximate surface area is 231 Å². The van der Waals surface area contributed by atoms with Gasteiger partial charge in [0.15, 0.2) is 10.8 Å². The largest absolute Gasteiger partial charge is 0.462 e. The molecule has 36 heavy (non-hydrogen) atoms. The number of nitrogens with one attached hydrogen (secondary N) is 3. The van der Waals surface area contributed by atoms with Crippen LogP contribution >= 0.6 is 45.5 Å². The number of carbonyl (C=O) groups is 3. The second-order valence-corrected chi connectivity index (χ2v) is 10.4. The Hall–Kier alpha value is -1.94. The molecule has 198 valence electrons. The van der Waals surface area contributed by atoms with Crippen molar-refractivity contribution in [2.75, 3.05) is 52.0 Å². The maximum Gasteiger partial charge on any atom is 0.350 e. The summed E-state index contributed by atoms with van der Waals surface area (Å²) in [6, 6.07) is -0.266. The number of aryl methyl sites for hydroxylation is 1. The minimum absolute atomic E-state index is 0.0142. The number of anilines is 1. The van der Waals surface area contributed by atoms with E-state index >= 15 is 0 Å². The monoisotopic (exact) mass is 653 g/mol. The van der Waals surface area contributed by atoms with Gasteiger partial charge in [0.2, 0.25) is 0 Å². The van der Waals surface area contributed by atoms with Crippen LogP contribution in [0.2, 0.25) is 5.02 Å². The highest BCUT2D eigenvalue weighted by Gasteiger charge is 2.34. The number of ether oxygens (including phenoxy) is 3. The summed E-state index contributed by atoms with van der Waals surface area (Å²) < 4.78 is 16.6. The Kier molecular flexibility index (Phi) is 10.4. The first kappa shape index (κ1) is 28.6. The summed E-state index contributed by atoms with van der Waals surface area (Å²) in [5.41, 5.74) is 1.16. The fraction of sp³-hybridized carbons (Fsp3) is 0.545. The molecule has 1 saturated heterocycles. The molecule has 2 unspecified atom stereocenters. The van der Waals surface area contributed by atoms with E-state index < -0.39 is 11.9 Å². The molecule has 2 aromatic heterocycles. The summed E-state index contributed by atoms with van der Waals surface area (Å²) in [4.78, 5) is 47.6. The Morgan fingerprint density at radius 1 is 1.31 bits per heavy atom. The summed E-state index contributed by atoms with van der Waals surface area (Å²) in [7, 11) is 3.10. The normalized spacial score (nSPS) is 17.7. The van der Waals surface area contributed by atoms with Gasteiger partial charge in [0.25, 0.3) is 11.8 Å². The molecule has 2 atom stereocenters. The number of aromatic amines is 1. The van der Waals surface area contributed by atoms with Crippen LogP contribution in [0.1, 0.15) is 49.7 Å². The molecule has 0 saturated carbocycles. The van der Waals surface area contributed by atoms with Gasteiger partial charge in [-0.05, 0) is 42.9 Å². The van der Waals surface area contributed by atoms with E-state index in [1.165, 1.54) is 7.11 Å². The first-order valence-electron chi connectivity index (χ1n) is 11.3. The van der Waals surface area contributed by atoms with Crippen LogP contribution in [0.25, 0.3) is 0 Å². The maximum atomic E-state index is 12.9. The summed E-state index contributed by atoms with van der Waals surface area (Å²) in [5.74, 6) is -1.38. The smallest absolute Gasteiger partial charge is 0.350 e. The van der Waals surface area contributed by atoms with E-state index in [9.17, 15) is 14.4 Å². The molecule has 1 aliphatic rings. The molecule has 0 aliphatic carbocycles. The van der Waals surface area contributed by atoms with Gasteiger partial charge in [0.05, 0.1) is 34.0 Å². The van der Waals surface area contributed by atoms with Gasteiger partial charge in [0, 0.05) is 39.5 Å². The molecule has 1 fully saturated rings. The van der Waals surface area contributed by atoms with Crippen molar-refractivity contribution in [2.24, 2.45) is 0 Å². The molecule has 0 radical (unpaired) electrons. The number of nitrogens with zero attached hydrogens (tertiary/aromatic N) is 2. The number of piperidine rings is 1. The minimum atomic E-state index is -0.601. The fourth-order valence-electron chi connectivity index (χ4n) is 3.75.